The van der Waals surface area contributed by atoms with E-state index in [1.165, 1.54) is 0 Å². The van der Waals surface area contributed by atoms with Crippen LogP contribution in [0.15, 0.2) is 16.6 Å². The van der Waals surface area contributed by atoms with E-state index in [2.05, 4.69) is 15.9 Å². The highest BCUT2D eigenvalue weighted by atomic mass is 79.9. The minimum atomic E-state index is -0.390. The Morgan fingerprint density at radius 2 is 2.08 bits per heavy atom. The van der Waals surface area contributed by atoms with Gasteiger partial charge in [0.1, 0.15) is 5.82 Å². The van der Waals surface area contributed by atoms with Crippen molar-refractivity contribution in [1.82, 2.24) is 0 Å². The number of hydrogen-bond donors (Lipinski definition) is 1. The lowest BCUT2D eigenvalue weighted by atomic mass is 10.0. The first-order chi connectivity index (χ1) is 6.03. The smallest absolute Gasteiger partial charge is 0.142 e. The third kappa shape index (κ3) is 1.51. The average Bonchev–Trinajstić information content (AvgIpc) is 2.77. The van der Waals surface area contributed by atoms with Crippen molar-refractivity contribution in [3.8, 4) is 0 Å². The molecule has 1 aliphatic carbocycles. The van der Waals surface area contributed by atoms with Gasteiger partial charge in [-0.2, -0.15) is 0 Å². The van der Waals surface area contributed by atoms with Gasteiger partial charge in [0.05, 0.1) is 4.47 Å². The van der Waals surface area contributed by atoms with Crippen molar-refractivity contribution >= 4 is 15.9 Å². The van der Waals surface area contributed by atoms with Gasteiger partial charge in [-0.15, -0.1) is 0 Å². The molecule has 1 aromatic carbocycles. The predicted molar refractivity (Wildman–Crippen MR) is 53.9 cm³/mol. The fourth-order valence-electron chi connectivity index (χ4n) is 1.49. The highest BCUT2D eigenvalue weighted by Gasteiger charge is 2.42. The quantitative estimate of drug-likeness (QED) is 0.807. The Labute approximate surface area is 85.3 Å². The maximum Gasteiger partial charge on any atom is 0.142 e. The molecule has 0 aromatic heterocycles. The number of hydrogen-bond acceptors (Lipinski definition) is 1. The van der Waals surface area contributed by atoms with Crippen LogP contribution in [0.5, 0.6) is 0 Å². The van der Waals surface area contributed by atoms with Gasteiger partial charge in [0.25, 0.3) is 0 Å². The monoisotopic (exact) mass is 243 g/mol. The van der Waals surface area contributed by atoms with Crippen molar-refractivity contribution in [2.75, 3.05) is 0 Å². The zero-order chi connectivity index (χ0) is 9.64. The molecule has 0 heterocycles. The Balaban J connectivity index is 2.56. The Hall–Kier alpha value is -0.410. The Kier molecular flexibility index (Phi) is 1.96. The van der Waals surface area contributed by atoms with E-state index in [1.54, 1.807) is 6.07 Å². The highest BCUT2D eigenvalue weighted by molar-refractivity contribution is 9.10. The molecule has 1 aliphatic rings. The maximum absolute atomic E-state index is 13.6. The molecule has 1 fully saturated rings. The molecular formula is C10H11BrFN. The van der Waals surface area contributed by atoms with Gasteiger partial charge in [0, 0.05) is 11.1 Å². The minimum absolute atomic E-state index is 0.203. The molecule has 0 spiro atoms. The van der Waals surface area contributed by atoms with E-state index < -0.39 is 5.54 Å². The second-order valence-electron chi connectivity index (χ2n) is 3.76. The van der Waals surface area contributed by atoms with E-state index in [0.29, 0.717) is 10.0 Å². The van der Waals surface area contributed by atoms with Gasteiger partial charge >= 0.3 is 0 Å². The molecular weight excluding hydrogens is 233 g/mol. The summed E-state index contributed by atoms with van der Waals surface area (Å²) in [6.07, 6.45) is 1.78. The first-order valence-corrected chi connectivity index (χ1v) is 5.07. The van der Waals surface area contributed by atoms with Gasteiger partial charge in [-0.1, -0.05) is 6.07 Å². The van der Waals surface area contributed by atoms with Crippen molar-refractivity contribution in [3.05, 3.63) is 33.5 Å². The van der Waals surface area contributed by atoms with E-state index in [0.717, 1.165) is 18.4 Å². The van der Waals surface area contributed by atoms with Gasteiger partial charge < -0.3 is 5.73 Å². The van der Waals surface area contributed by atoms with Crippen molar-refractivity contribution in [2.24, 2.45) is 5.73 Å². The van der Waals surface area contributed by atoms with Gasteiger partial charge in [0.2, 0.25) is 0 Å². The summed E-state index contributed by atoms with van der Waals surface area (Å²) < 4.78 is 14.1. The molecule has 1 saturated carbocycles. The van der Waals surface area contributed by atoms with Crippen LogP contribution in [0, 0.1) is 12.7 Å². The van der Waals surface area contributed by atoms with Crippen LogP contribution in [-0.2, 0) is 5.54 Å². The van der Waals surface area contributed by atoms with Crippen molar-refractivity contribution < 1.29 is 4.39 Å². The van der Waals surface area contributed by atoms with Crippen LogP contribution in [0.25, 0.3) is 0 Å². The second kappa shape index (κ2) is 2.79. The van der Waals surface area contributed by atoms with Crippen molar-refractivity contribution in [2.45, 2.75) is 25.3 Å². The standard InChI is InChI=1S/C10H11BrFN/c1-6-4-7(10(13)2-3-10)9(12)8(11)5-6/h4-5H,2-3,13H2,1H3. The molecule has 0 saturated heterocycles. The molecule has 0 amide bonds. The van der Waals surface area contributed by atoms with Gasteiger partial charge in [-0.3, -0.25) is 0 Å². The Morgan fingerprint density at radius 1 is 1.46 bits per heavy atom. The predicted octanol–water partition coefficient (Wildman–Crippen LogP) is 2.84. The molecule has 0 radical (unpaired) electrons. The van der Waals surface area contributed by atoms with Crippen molar-refractivity contribution in [1.29, 1.82) is 0 Å². The summed E-state index contributed by atoms with van der Waals surface area (Å²) in [5.74, 6) is -0.203. The van der Waals surface area contributed by atoms with Crippen LogP contribution < -0.4 is 5.73 Å². The van der Waals surface area contributed by atoms with Gasteiger partial charge in [-0.25, -0.2) is 4.39 Å². The van der Waals surface area contributed by atoms with Crippen LogP contribution >= 0.6 is 15.9 Å². The number of rotatable bonds is 1. The number of nitrogens with two attached hydrogens (primary N) is 1. The summed E-state index contributed by atoms with van der Waals surface area (Å²) in [7, 11) is 0. The molecule has 13 heavy (non-hydrogen) atoms. The average molecular weight is 244 g/mol. The highest BCUT2D eigenvalue weighted by Crippen LogP contribution is 2.45. The van der Waals surface area contributed by atoms with Crippen LogP contribution in [-0.4, -0.2) is 0 Å². The first kappa shape index (κ1) is 9.16. The summed E-state index contributed by atoms with van der Waals surface area (Å²) in [6.45, 7) is 1.94. The van der Waals surface area contributed by atoms with Gasteiger partial charge in [0.15, 0.2) is 0 Å². The molecule has 0 aliphatic heterocycles. The molecule has 0 bridgehead atoms. The normalized spacial score (nSPS) is 18.8. The lowest BCUT2D eigenvalue weighted by Gasteiger charge is -2.12. The zero-order valence-corrected chi connectivity index (χ0v) is 8.99. The van der Waals surface area contributed by atoms with Crippen LogP contribution in [0.4, 0.5) is 4.39 Å². The number of benzene rings is 1. The van der Waals surface area contributed by atoms with E-state index in [1.807, 2.05) is 13.0 Å². The molecule has 0 unspecified atom stereocenters. The maximum atomic E-state index is 13.6. The summed E-state index contributed by atoms with van der Waals surface area (Å²) in [6, 6.07) is 3.61. The molecule has 1 aromatic rings. The zero-order valence-electron chi connectivity index (χ0n) is 7.40. The van der Waals surface area contributed by atoms with E-state index >= 15 is 0 Å². The molecule has 1 nitrogen and oxygen atoms in total. The Morgan fingerprint density at radius 3 is 2.62 bits per heavy atom. The third-order valence-corrected chi connectivity index (χ3v) is 3.07. The molecule has 3 heteroatoms. The minimum Gasteiger partial charge on any atom is -0.321 e. The van der Waals surface area contributed by atoms with E-state index in [9.17, 15) is 4.39 Å². The lowest BCUT2D eigenvalue weighted by molar-refractivity contribution is 0.571. The first-order valence-electron chi connectivity index (χ1n) is 4.28. The van der Waals surface area contributed by atoms with E-state index in [4.69, 9.17) is 5.73 Å². The molecule has 0 atom stereocenters. The molecule has 70 valence electrons. The van der Waals surface area contributed by atoms with E-state index in [-0.39, 0.29) is 5.82 Å². The Bertz CT molecular complexity index is 358. The third-order valence-electron chi connectivity index (χ3n) is 2.50. The summed E-state index contributed by atoms with van der Waals surface area (Å²) in [4.78, 5) is 0. The molecule has 2 rings (SSSR count). The second-order valence-corrected chi connectivity index (χ2v) is 4.62. The van der Waals surface area contributed by atoms with Crippen LogP contribution in [0.3, 0.4) is 0 Å². The van der Waals surface area contributed by atoms with Gasteiger partial charge in [-0.05, 0) is 47.3 Å². The SMILES string of the molecule is Cc1cc(Br)c(F)c(C2(N)CC2)c1. The summed E-state index contributed by atoms with van der Waals surface area (Å²) >= 11 is 3.19. The lowest BCUT2D eigenvalue weighted by Crippen LogP contribution is -2.20. The topological polar surface area (TPSA) is 26.0 Å². The number of halogens is 2. The summed E-state index contributed by atoms with van der Waals surface area (Å²) in [5, 5.41) is 0. The van der Waals surface area contributed by atoms with Crippen molar-refractivity contribution in [3.63, 3.8) is 0 Å². The molecule has 2 N–H and O–H groups in total. The summed E-state index contributed by atoms with van der Waals surface area (Å²) in [5.41, 5.74) is 7.25. The fraction of sp³-hybridized carbons (Fsp3) is 0.400. The van der Waals surface area contributed by atoms with Crippen LogP contribution in [0.1, 0.15) is 24.0 Å². The largest absolute Gasteiger partial charge is 0.321 e. The van der Waals surface area contributed by atoms with Crippen LogP contribution in [0.2, 0.25) is 0 Å². The fourth-order valence-corrected chi connectivity index (χ4v) is 2.07. The number of aryl methyl sites for hydroxylation is 1.